The van der Waals surface area contributed by atoms with Crippen LogP contribution in [0.1, 0.15) is 26.2 Å². The zero-order valence-electron chi connectivity index (χ0n) is 7.14. The minimum atomic E-state index is -0.308. The van der Waals surface area contributed by atoms with Crippen LogP contribution < -0.4 is 5.32 Å². The highest BCUT2D eigenvalue weighted by atomic mass is 16.3. The molecule has 0 aromatic rings. The number of hydrogen-bond donors (Lipinski definition) is 2. The van der Waals surface area contributed by atoms with E-state index < -0.39 is 0 Å². The predicted molar refractivity (Wildman–Crippen MR) is 44.3 cm³/mol. The summed E-state index contributed by atoms with van der Waals surface area (Å²) in [6.45, 7) is 4.36. The van der Waals surface area contributed by atoms with Crippen LogP contribution in [0.4, 0.5) is 0 Å². The van der Waals surface area contributed by atoms with Crippen molar-refractivity contribution in [2.24, 2.45) is 11.8 Å². The molecule has 1 aliphatic heterocycles. The smallest absolute Gasteiger partial charge is 0.0651 e. The van der Waals surface area contributed by atoms with Gasteiger partial charge in [0.2, 0.25) is 0 Å². The van der Waals surface area contributed by atoms with Crippen molar-refractivity contribution in [2.45, 2.75) is 31.8 Å². The predicted octanol–water partition coefficient (Wildman–Crippen LogP) is 0.757. The minimum absolute atomic E-state index is 0.308. The molecule has 2 aliphatic rings. The Kier molecular flexibility index (Phi) is 1.69. The Morgan fingerprint density at radius 3 is 2.36 bits per heavy atom. The van der Waals surface area contributed by atoms with Gasteiger partial charge in [-0.25, -0.2) is 0 Å². The van der Waals surface area contributed by atoms with Gasteiger partial charge in [-0.3, -0.25) is 0 Å². The van der Waals surface area contributed by atoms with Crippen LogP contribution >= 0.6 is 0 Å². The largest absolute Gasteiger partial charge is 0.390 e. The molecule has 1 heterocycles. The first-order chi connectivity index (χ1) is 5.23. The van der Waals surface area contributed by atoms with Gasteiger partial charge < -0.3 is 10.4 Å². The maximum absolute atomic E-state index is 9.98. The van der Waals surface area contributed by atoms with Gasteiger partial charge in [-0.2, -0.15) is 0 Å². The number of aliphatic hydroxyl groups is 1. The molecule has 0 amide bonds. The van der Waals surface area contributed by atoms with E-state index in [0.717, 1.165) is 44.2 Å². The second-order valence-electron chi connectivity index (χ2n) is 4.16. The van der Waals surface area contributed by atoms with Crippen LogP contribution in [0.25, 0.3) is 0 Å². The molecule has 11 heavy (non-hydrogen) atoms. The molecule has 1 aliphatic carbocycles. The molecule has 0 spiro atoms. The lowest BCUT2D eigenvalue weighted by molar-refractivity contribution is 0.0357. The molecule has 0 radical (unpaired) electrons. The summed E-state index contributed by atoms with van der Waals surface area (Å²) in [5.41, 5.74) is -0.308. The van der Waals surface area contributed by atoms with E-state index in [1.165, 1.54) is 0 Å². The summed E-state index contributed by atoms with van der Waals surface area (Å²) >= 11 is 0. The second-order valence-corrected chi connectivity index (χ2v) is 4.16. The van der Waals surface area contributed by atoms with Gasteiger partial charge in [0.05, 0.1) is 5.60 Å². The lowest BCUT2D eigenvalue weighted by atomic mass is 9.97. The van der Waals surface area contributed by atoms with Crippen LogP contribution in [-0.2, 0) is 0 Å². The fourth-order valence-corrected chi connectivity index (χ4v) is 2.61. The molecule has 2 atom stereocenters. The van der Waals surface area contributed by atoms with Gasteiger partial charge in [-0.1, -0.05) is 6.92 Å². The third-order valence-corrected chi connectivity index (χ3v) is 3.42. The summed E-state index contributed by atoms with van der Waals surface area (Å²) in [5.74, 6) is 1.53. The minimum Gasteiger partial charge on any atom is -0.390 e. The summed E-state index contributed by atoms with van der Waals surface area (Å²) in [7, 11) is 0. The Morgan fingerprint density at radius 2 is 1.91 bits per heavy atom. The summed E-state index contributed by atoms with van der Waals surface area (Å²) in [6, 6.07) is 0. The zero-order chi connectivity index (χ0) is 7.90. The van der Waals surface area contributed by atoms with Crippen molar-refractivity contribution in [3.8, 4) is 0 Å². The number of rotatable bonds is 1. The van der Waals surface area contributed by atoms with E-state index in [0.29, 0.717) is 0 Å². The highest BCUT2D eigenvalue weighted by Gasteiger charge is 2.44. The Bertz CT molecular complexity index is 146. The molecule has 2 rings (SSSR count). The fraction of sp³-hybridized carbons (Fsp3) is 1.00. The third kappa shape index (κ3) is 1.18. The second kappa shape index (κ2) is 2.46. The lowest BCUT2D eigenvalue weighted by Crippen LogP contribution is -2.26. The van der Waals surface area contributed by atoms with Crippen LogP contribution in [0.2, 0.25) is 0 Å². The SMILES string of the molecule is CCC1(O)CC2CNCC2C1. The van der Waals surface area contributed by atoms with E-state index in [1.807, 2.05) is 0 Å². The van der Waals surface area contributed by atoms with E-state index >= 15 is 0 Å². The monoisotopic (exact) mass is 155 g/mol. The van der Waals surface area contributed by atoms with Gasteiger partial charge in [0.15, 0.2) is 0 Å². The van der Waals surface area contributed by atoms with Crippen molar-refractivity contribution < 1.29 is 5.11 Å². The first-order valence-corrected chi connectivity index (χ1v) is 4.66. The van der Waals surface area contributed by atoms with E-state index in [9.17, 15) is 5.11 Å². The topological polar surface area (TPSA) is 32.3 Å². The third-order valence-electron chi connectivity index (χ3n) is 3.42. The molecule has 64 valence electrons. The number of nitrogens with one attached hydrogen (secondary N) is 1. The van der Waals surface area contributed by atoms with Crippen molar-refractivity contribution in [1.29, 1.82) is 0 Å². The van der Waals surface area contributed by atoms with Crippen LogP contribution in [0.15, 0.2) is 0 Å². The molecule has 0 aromatic carbocycles. The van der Waals surface area contributed by atoms with E-state index in [4.69, 9.17) is 0 Å². The number of fused-ring (bicyclic) bond motifs is 1. The quantitative estimate of drug-likeness (QED) is 0.586. The van der Waals surface area contributed by atoms with Gasteiger partial charge in [-0.05, 0) is 44.2 Å². The van der Waals surface area contributed by atoms with Crippen LogP contribution in [-0.4, -0.2) is 23.8 Å². The average Bonchev–Trinajstić information content (AvgIpc) is 2.46. The van der Waals surface area contributed by atoms with E-state index in [2.05, 4.69) is 12.2 Å². The first-order valence-electron chi connectivity index (χ1n) is 4.66. The maximum Gasteiger partial charge on any atom is 0.0651 e. The van der Waals surface area contributed by atoms with Crippen LogP contribution in [0.3, 0.4) is 0 Å². The molecular formula is C9H17NO. The Labute approximate surface area is 68.0 Å². The molecule has 1 saturated heterocycles. The fourth-order valence-electron chi connectivity index (χ4n) is 2.61. The van der Waals surface area contributed by atoms with Gasteiger partial charge in [0, 0.05) is 0 Å². The molecule has 2 N–H and O–H groups in total. The normalized spacial score (nSPS) is 49.6. The molecule has 0 bridgehead atoms. The van der Waals surface area contributed by atoms with Crippen molar-refractivity contribution in [2.75, 3.05) is 13.1 Å². The van der Waals surface area contributed by atoms with Gasteiger partial charge in [0.1, 0.15) is 0 Å². The highest BCUT2D eigenvalue weighted by molar-refractivity contribution is 4.98. The van der Waals surface area contributed by atoms with Gasteiger partial charge in [-0.15, -0.1) is 0 Å². The Balaban J connectivity index is 2.04. The highest BCUT2D eigenvalue weighted by Crippen LogP contribution is 2.42. The zero-order valence-corrected chi connectivity index (χ0v) is 7.14. The summed E-state index contributed by atoms with van der Waals surface area (Å²) in [4.78, 5) is 0. The Morgan fingerprint density at radius 1 is 1.36 bits per heavy atom. The molecular weight excluding hydrogens is 138 g/mol. The average molecular weight is 155 g/mol. The number of hydrogen-bond acceptors (Lipinski definition) is 2. The van der Waals surface area contributed by atoms with E-state index in [1.54, 1.807) is 0 Å². The van der Waals surface area contributed by atoms with Crippen molar-refractivity contribution in [3.63, 3.8) is 0 Å². The van der Waals surface area contributed by atoms with Crippen molar-refractivity contribution >= 4 is 0 Å². The van der Waals surface area contributed by atoms with Gasteiger partial charge in [0.25, 0.3) is 0 Å². The molecule has 2 heteroatoms. The molecule has 2 unspecified atom stereocenters. The molecule has 1 saturated carbocycles. The molecule has 0 aromatic heterocycles. The first kappa shape index (κ1) is 7.56. The molecule has 2 nitrogen and oxygen atoms in total. The van der Waals surface area contributed by atoms with Crippen LogP contribution in [0, 0.1) is 11.8 Å². The van der Waals surface area contributed by atoms with E-state index in [-0.39, 0.29) is 5.60 Å². The lowest BCUT2D eigenvalue weighted by Gasteiger charge is -2.21. The maximum atomic E-state index is 9.98. The van der Waals surface area contributed by atoms with Crippen molar-refractivity contribution in [3.05, 3.63) is 0 Å². The summed E-state index contributed by atoms with van der Waals surface area (Å²) < 4.78 is 0. The van der Waals surface area contributed by atoms with Crippen LogP contribution in [0.5, 0.6) is 0 Å². The van der Waals surface area contributed by atoms with Gasteiger partial charge >= 0.3 is 0 Å². The summed E-state index contributed by atoms with van der Waals surface area (Å²) in [5, 5.41) is 13.4. The molecule has 2 fully saturated rings. The summed E-state index contributed by atoms with van der Waals surface area (Å²) in [6.07, 6.45) is 2.99. The standard InChI is InChI=1S/C9H17NO/c1-2-9(11)3-7-5-10-6-8(7)4-9/h7-8,10-11H,2-6H2,1H3. The Hall–Kier alpha value is -0.0800. The van der Waals surface area contributed by atoms with Crippen molar-refractivity contribution in [1.82, 2.24) is 5.32 Å².